The Balaban J connectivity index is 3.89. The summed E-state index contributed by atoms with van der Waals surface area (Å²) in [6.07, 6.45) is 0. The third-order valence-electron chi connectivity index (χ3n) is 1.10. The maximum Gasteiger partial charge on any atom is 0.613 e. The highest BCUT2D eigenvalue weighted by Gasteiger charge is 2.39. The minimum Gasteiger partial charge on any atom is -0.394 e. The van der Waals surface area contributed by atoms with E-state index in [9.17, 15) is 0 Å². The maximum atomic E-state index is 8.51. The number of aliphatic hydroxyl groups is 3. The molecule has 14 heavy (non-hydrogen) atoms. The summed E-state index contributed by atoms with van der Waals surface area (Å²) >= 11 is 5.81. The molecule has 0 aromatic rings. The second-order valence-electron chi connectivity index (χ2n) is 2.20. The molecule has 6 nitrogen and oxygen atoms in total. The van der Waals surface area contributed by atoms with Gasteiger partial charge in [-0.1, -0.05) is 11.1 Å². The Morgan fingerprint density at radius 2 is 1.07 bits per heavy atom. The van der Waals surface area contributed by atoms with Crippen LogP contribution in [0, 0.1) is 0 Å². The molecule has 0 atom stereocenters. The van der Waals surface area contributed by atoms with Gasteiger partial charge in [-0.3, -0.25) is 0 Å². The van der Waals surface area contributed by atoms with E-state index < -0.39 is 8.11 Å². The largest absolute Gasteiger partial charge is 0.613 e. The fraction of sp³-hybridized carbons (Fsp3) is 1.00. The third kappa shape index (κ3) is 6.68. The number of halogens is 1. The SMILES string of the molecule is OCCO[Si](Cl)(OCCO)OCCO. The standard InChI is InChI=1S/C6H15ClO6Si/c7-14(11-4-1-8,12-5-2-9)13-6-3-10/h8-10H,1-6H2. The summed E-state index contributed by atoms with van der Waals surface area (Å²) in [5.74, 6) is 0. The Hall–Kier alpha value is 0.267. The highest BCUT2D eigenvalue weighted by molar-refractivity contribution is 7.09. The molecule has 0 saturated heterocycles. The molecule has 0 aliphatic carbocycles. The van der Waals surface area contributed by atoms with Crippen molar-refractivity contribution in [1.82, 2.24) is 0 Å². The summed E-state index contributed by atoms with van der Waals surface area (Å²) in [7, 11) is -3.32. The van der Waals surface area contributed by atoms with Gasteiger partial charge < -0.3 is 28.6 Å². The Bertz CT molecular complexity index is 116. The fourth-order valence-corrected chi connectivity index (χ4v) is 2.58. The normalized spacial score (nSPS) is 12.0. The van der Waals surface area contributed by atoms with E-state index in [1.165, 1.54) is 0 Å². The van der Waals surface area contributed by atoms with Crippen LogP contribution in [0.1, 0.15) is 0 Å². The zero-order valence-electron chi connectivity index (χ0n) is 7.69. The van der Waals surface area contributed by atoms with Crippen molar-refractivity contribution in [3.05, 3.63) is 0 Å². The van der Waals surface area contributed by atoms with Gasteiger partial charge in [0.25, 0.3) is 0 Å². The molecule has 0 unspecified atom stereocenters. The van der Waals surface area contributed by atoms with Crippen LogP contribution < -0.4 is 0 Å². The number of hydrogen-bond acceptors (Lipinski definition) is 6. The van der Waals surface area contributed by atoms with E-state index in [0.717, 1.165) is 0 Å². The molecule has 0 spiro atoms. The van der Waals surface area contributed by atoms with Crippen molar-refractivity contribution in [3.63, 3.8) is 0 Å². The second-order valence-corrected chi connectivity index (χ2v) is 5.42. The van der Waals surface area contributed by atoms with Crippen LogP contribution in [0.2, 0.25) is 0 Å². The molecule has 86 valence electrons. The average Bonchev–Trinajstić information content (AvgIpc) is 2.21. The number of aliphatic hydroxyl groups excluding tert-OH is 3. The van der Waals surface area contributed by atoms with Crippen LogP contribution in [0.25, 0.3) is 0 Å². The van der Waals surface area contributed by atoms with E-state index in [1.807, 2.05) is 0 Å². The van der Waals surface area contributed by atoms with Crippen LogP contribution in [0.5, 0.6) is 0 Å². The lowest BCUT2D eigenvalue weighted by molar-refractivity contribution is 0.0455. The lowest BCUT2D eigenvalue weighted by Crippen LogP contribution is -2.42. The van der Waals surface area contributed by atoms with Gasteiger partial charge in [-0.05, 0) is 0 Å². The van der Waals surface area contributed by atoms with E-state index in [2.05, 4.69) is 0 Å². The molecule has 8 heteroatoms. The quantitative estimate of drug-likeness (QED) is 0.346. The topological polar surface area (TPSA) is 88.4 Å². The Kier molecular flexibility index (Phi) is 8.73. The molecule has 0 aromatic heterocycles. The second kappa shape index (κ2) is 8.57. The summed E-state index contributed by atoms with van der Waals surface area (Å²) in [6, 6.07) is 0. The molecule has 0 bridgehead atoms. The minimum absolute atomic E-state index is 0.00736. The molecule has 0 aliphatic heterocycles. The van der Waals surface area contributed by atoms with Gasteiger partial charge in [0.15, 0.2) is 0 Å². The zero-order valence-corrected chi connectivity index (χ0v) is 9.44. The molecule has 0 aliphatic rings. The molecule has 0 radical (unpaired) electrons. The van der Waals surface area contributed by atoms with Gasteiger partial charge in [-0.15, -0.1) is 0 Å². The van der Waals surface area contributed by atoms with E-state index >= 15 is 0 Å². The number of hydrogen-bond donors (Lipinski definition) is 3. The van der Waals surface area contributed by atoms with Crippen molar-refractivity contribution in [2.24, 2.45) is 0 Å². The highest BCUT2D eigenvalue weighted by atomic mass is 35.6. The molecule has 3 N–H and O–H groups in total. The molecular formula is C6H15ClO6Si. The highest BCUT2D eigenvalue weighted by Crippen LogP contribution is 2.14. The lowest BCUT2D eigenvalue weighted by atomic mass is 10.8. The van der Waals surface area contributed by atoms with Crippen molar-refractivity contribution in [2.45, 2.75) is 0 Å². The Morgan fingerprint density at radius 3 is 1.29 bits per heavy atom. The van der Waals surface area contributed by atoms with Crippen LogP contribution in [0.3, 0.4) is 0 Å². The van der Waals surface area contributed by atoms with Crippen LogP contribution >= 0.6 is 11.1 Å². The summed E-state index contributed by atoms with van der Waals surface area (Å²) in [5, 5.41) is 25.5. The first-order valence-corrected chi connectivity index (χ1v) is 6.85. The van der Waals surface area contributed by atoms with Gasteiger partial charge in [0.05, 0.1) is 39.6 Å². The molecular weight excluding hydrogens is 232 g/mol. The van der Waals surface area contributed by atoms with Crippen LogP contribution in [-0.2, 0) is 13.3 Å². The summed E-state index contributed by atoms with van der Waals surface area (Å²) in [5.41, 5.74) is 0. The van der Waals surface area contributed by atoms with Crippen molar-refractivity contribution in [1.29, 1.82) is 0 Å². The summed E-state index contributed by atoms with van der Waals surface area (Å²) in [4.78, 5) is 0. The van der Waals surface area contributed by atoms with Gasteiger partial charge in [0.1, 0.15) is 0 Å². The Labute approximate surface area is 88.0 Å². The van der Waals surface area contributed by atoms with Crippen molar-refractivity contribution < 1.29 is 28.6 Å². The van der Waals surface area contributed by atoms with Gasteiger partial charge in [-0.25, -0.2) is 0 Å². The van der Waals surface area contributed by atoms with E-state index in [1.54, 1.807) is 0 Å². The predicted molar refractivity (Wildman–Crippen MR) is 50.7 cm³/mol. The summed E-state index contributed by atoms with van der Waals surface area (Å²) < 4.78 is 14.9. The fourth-order valence-electron chi connectivity index (χ4n) is 0.628. The first-order chi connectivity index (χ1) is 6.68. The van der Waals surface area contributed by atoms with Crippen molar-refractivity contribution >= 4 is 19.2 Å². The first kappa shape index (κ1) is 14.3. The summed E-state index contributed by atoms with van der Waals surface area (Å²) in [6.45, 7) is -0.628. The van der Waals surface area contributed by atoms with E-state index in [0.29, 0.717) is 0 Å². The molecule has 0 saturated carbocycles. The van der Waals surface area contributed by atoms with E-state index in [-0.39, 0.29) is 39.6 Å². The maximum absolute atomic E-state index is 8.51. The molecule has 0 amide bonds. The molecule has 0 rings (SSSR count). The Morgan fingerprint density at radius 1 is 0.786 bits per heavy atom. The van der Waals surface area contributed by atoms with Crippen LogP contribution in [0.15, 0.2) is 0 Å². The lowest BCUT2D eigenvalue weighted by Gasteiger charge is -2.21. The van der Waals surface area contributed by atoms with Gasteiger partial charge in [0.2, 0.25) is 0 Å². The molecule has 0 aromatic carbocycles. The van der Waals surface area contributed by atoms with E-state index in [4.69, 9.17) is 39.7 Å². The van der Waals surface area contributed by atoms with Gasteiger partial charge in [-0.2, -0.15) is 0 Å². The minimum atomic E-state index is -3.32. The zero-order chi connectivity index (χ0) is 10.9. The third-order valence-corrected chi connectivity index (χ3v) is 3.73. The van der Waals surface area contributed by atoms with Gasteiger partial charge >= 0.3 is 8.11 Å². The monoisotopic (exact) mass is 246 g/mol. The average molecular weight is 247 g/mol. The molecule has 0 heterocycles. The number of rotatable bonds is 9. The van der Waals surface area contributed by atoms with Crippen LogP contribution in [0.4, 0.5) is 0 Å². The van der Waals surface area contributed by atoms with Crippen LogP contribution in [-0.4, -0.2) is 63.1 Å². The predicted octanol–water partition coefficient (Wildman–Crippen LogP) is -1.31. The smallest absolute Gasteiger partial charge is 0.394 e. The van der Waals surface area contributed by atoms with Gasteiger partial charge in [0, 0.05) is 0 Å². The van der Waals surface area contributed by atoms with Crippen molar-refractivity contribution in [2.75, 3.05) is 39.6 Å². The first-order valence-electron chi connectivity index (χ1n) is 4.12. The molecule has 0 fully saturated rings. The van der Waals surface area contributed by atoms with Crippen molar-refractivity contribution in [3.8, 4) is 0 Å².